The van der Waals surface area contributed by atoms with Crippen LogP contribution < -0.4 is 5.32 Å². The van der Waals surface area contributed by atoms with Gasteiger partial charge in [-0.2, -0.15) is 0 Å². The van der Waals surface area contributed by atoms with Crippen molar-refractivity contribution in [2.75, 3.05) is 32.7 Å². The minimum absolute atomic E-state index is 0.0116. The summed E-state index contributed by atoms with van der Waals surface area (Å²) in [5, 5.41) is 2.92. The molecule has 2 fully saturated rings. The number of nitrogens with one attached hydrogen (secondary N) is 1. The molecule has 2 saturated heterocycles. The number of rotatable bonds is 5. The topological polar surface area (TPSA) is 69.7 Å². The lowest BCUT2D eigenvalue weighted by Gasteiger charge is -2.38. The Kier molecular flexibility index (Phi) is 7.91. The number of amides is 3. The summed E-state index contributed by atoms with van der Waals surface area (Å²) in [4.78, 5) is 41.6. The molecule has 2 heterocycles. The fourth-order valence-electron chi connectivity index (χ4n) is 4.59. The summed E-state index contributed by atoms with van der Waals surface area (Å²) in [5.74, 6) is -0.0998. The van der Waals surface area contributed by atoms with Crippen molar-refractivity contribution in [3.63, 3.8) is 0 Å². The second-order valence-electron chi connectivity index (χ2n) is 10.0. The van der Waals surface area contributed by atoms with Gasteiger partial charge in [0.05, 0.1) is 0 Å². The zero-order chi connectivity index (χ0) is 23.3. The minimum atomic E-state index is -0.394. The Morgan fingerprint density at radius 2 is 1.50 bits per heavy atom. The Labute approximate surface area is 190 Å². The van der Waals surface area contributed by atoms with E-state index >= 15 is 0 Å². The number of hydrogen-bond donors (Lipinski definition) is 1. The largest absolute Gasteiger partial charge is 0.356 e. The summed E-state index contributed by atoms with van der Waals surface area (Å²) in [6.45, 7) is 8.62. The van der Waals surface area contributed by atoms with E-state index in [1.807, 2.05) is 30.6 Å². The molecule has 176 valence electrons. The fourth-order valence-corrected chi connectivity index (χ4v) is 4.59. The van der Waals surface area contributed by atoms with Crippen LogP contribution in [0.1, 0.15) is 52.0 Å². The molecular formula is C25H36FN3O3. The summed E-state index contributed by atoms with van der Waals surface area (Å²) >= 11 is 0. The van der Waals surface area contributed by atoms with Gasteiger partial charge < -0.3 is 15.1 Å². The van der Waals surface area contributed by atoms with Gasteiger partial charge in [0.1, 0.15) is 5.82 Å². The second-order valence-corrected chi connectivity index (χ2v) is 10.0. The number of hydrogen-bond acceptors (Lipinski definition) is 3. The Bertz CT molecular complexity index is 820. The van der Waals surface area contributed by atoms with E-state index in [1.54, 1.807) is 18.2 Å². The lowest BCUT2D eigenvalue weighted by atomic mass is 9.89. The van der Waals surface area contributed by atoms with Crippen molar-refractivity contribution >= 4 is 17.7 Å². The summed E-state index contributed by atoms with van der Waals surface area (Å²) in [6, 6.07) is 6.60. The molecule has 1 aromatic rings. The molecule has 0 aliphatic carbocycles. The van der Waals surface area contributed by atoms with Crippen molar-refractivity contribution in [3.8, 4) is 0 Å². The number of nitrogens with zero attached hydrogens (tertiary/aromatic N) is 2. The van der Waals surface area contributed by atoms with Crippen LogP contribution >= 0.6 is 0 Å². The van der Waals surface area contributed by atoms with Crippen molar-refractivity contribution in [3.05, 3.63) is 35.6 Å². The molecule has 0 spiro atoms. The van der Waals surface area contributed by atoms with E-state index < -0.39 is 5.41 Å². The van der Waals surface area contributed by atoms with Crippen LogP contribution in [0.3, 0.4) is 0 Å². The molecule has 2 aliphatic heterocycles. The lowest BCUT2D eigenvalue weighted by Crippen LogP contribution is -2.49. The Morgan fingerprint density at radius 3 is 2.09 bits per heavy atom. The summed E-state index contributed by atoms with van der Waals surface area (Å²) in [6.07, 6.45) is 3.18. The Morgan fingerprint density at radius 1 is 0.938 bits per heavy atom. The van der Waals surface area contributed by atoms with Crippen molar-refractivity contribution < 1.29 is 18.8 Å². The first-order valence-electron chi connectivity index (χ1n) is 11.8. The number of carbonyl (C=O) groups is 3. The first-order valence-corrected chi connectivity index (χ1v) is 11.8. The van der Waals surface area contributed by atoms with Crippen LogP contribution in [0.25, 0.3) is 0 Å². The third-order valence-electron chi connectivity index (χ3n) is 6.60. The molecule has 0 saturated carbocycles. The highest BCUT2D eigenvalue weighted by Gasteiger charge is 2.35. The van der Waals surface area contributed by atoms with Gasteiger partial charge in [-0.1, -0.05) is 39.0 Å². The predicted molar refractivity (Wildman–Crippen MR) is 121 cm³/mol. The van der Waals surface area contributed by atoms with Gasteiger partial charge in [0.15, 0.2) is 0 Å². The maximum absolute atomic E-state index is 13.7. The molecule has 32 heavy (non-hydrogen) atoms. The third kappa shape index (κ3) is 6.08. The first-order chi connectivity index (χ1) is 15.2. The molecule has 7 heteroatoms. The number of benzene rings is 1. The van der Waals surface area contributed by atoms with Gasteiger partial charge >= 0.3 is 0 Å². The van der Waals surface area contributed by atoms with Crippen LogP contribution in [-0.4, -0.2) is 60.2 Å². The number of piperidine rings is 2. The number of likely N-dealkylation sites (tertiary alicyclic amines) is 2. The predicted octanol–water partition coefficient (Wildman–Crippen LogP) is 3.01. The molecular weight excluding hydrogens is 409 g/mol. The Balaban J connectivity index is 1.38. The van der Waals surface area contributed by atoms with Gasteiger partial charge in [0.25, 0.3) is 0 Å². The van der Waals surface area contributed by atoms with Crippen LogP contribution in [0.5, 0.6) is 0 Å². The van der Waals surface area contributed by atoms with Crippen LogP contribution in [0.15, 0.2) is 24.3 Å². The molecule has 1 N–H and O–H groups in total. The molecule has 3 amide bonds. The smallest absolute Gasteiger partial charge is 0.227 e. The maximum atomic E-state index is 13.7. The SMILES string of the molecule is CC(C)(C)C(=O)N1CCC(C(=O)N2CCC(C(=O)NCCc3ccccc3F)CC2)CC1. The van der Waals surface area contributed by atoms with E-state index in [-0.39, 0.29) is 35.4 Å². The zero-order valence-electron chi connectivity index (χ0n) is 19.5. The molecule has 0 unspecified atom stereocenters. The van der Waals surface area contributed by atoms with Crippen molar-refractivity contribution in [2.24, 2.45) is 17.3 Å². The molecule has 1 aromatic carbocycles. The molecule has 2 aliphatic rings. The average molecular weight is 446 g/mol. The molecule has 3 rings (SSSR count). The minimum Gasteiger partial charge on any atom is -0.356 e. The molecule has 0 aromatic heterocycles. The van der Waals surface area contributed by atoms with Crippen LogP contribution in [0.4, 0.5) is 4.39 Å². The van der Waals surface area contributed by atoms with Crippen molar-refractivity contribution in [2.45, 2.75) is 52.9 Å². The van der Waals surface area contributed by atoms with Crippen LogP contribution in [0.2, 0.25) is 0 Å². The second kappa shape index (κ2) is 10.5. The van der Waals surface area contributed by atoms with Crippen LogP contribution in [-0.2, 0) is 20.8 Å². The van der Waals surface area contributed by atoms with E-state index in [0.717, 1.165) is 0 Å². The van der Waals surface area contributed by atoms with Gasteiger partial charge in [0.2, 0.25) is 17.7 Å². The first kappa shape index (κ1) is 24.2. The summed E-state index contributed by atoms with van der Waals surface area (Å²) in [7, 11) is 0. The van der Waals surface area contributed by atoms with Gasteiger partial charge in [-0.25, -0.2) is 4.39 Å². The third-order valence-corrected chi connectivity index (χ3v) is 6.60. The maximum Gasteiger partial charge on any atom is 0.227 e. The number of halogens is 1. The Hall–Kier alpha value is -2.44. The standard InChI is InChI=1S/C25H36FN3O3/c1-25(2,3)24(32)29-16-11-20(12-17-29)23(31)28-14-9-19(10-15-28)22(30)27-13-8-18-6-4-5-7-21(18)26/h4-7,19-20H,8-17H2,1-3H3,(H,27,30). The highest BCUT2D eigenvalue weighted by atomic mass is 19.1. The van der Waals surface area contributed by atoms with Gasteiger partial charge in [0, 0.05) is 50.0 Å². The van der Waals surface area contributed by atoms with E-state index in [9.17, 15) is 18.8 Å². The van der Waals surface area contributed by atoms with Gasteiger partial charge in [-0.15, -0.1) is 0 Å². The molecule has 0 atom stereocenters. The molecule has 0 bridgehead atoms. The van der Waals surface area contributed by atoms with E-state index in [1.165, 1.54) is 6.07 Å². The number of carbonyl (C=O) groups excluding carboxylic acids is 3. The van der Waals surface area contributed by atoms with Gasteiger partial charge in [-0.3, -0.25) is 14.4 Å². The van der Waals surface area contributed by atoms with E-state index in [4.69, 9.17) is 0 Å². The van der Waals surface area contributed by atoms with Crippen molar-refractivity contribution in [1.29, 1.82) is 0 Å². The summed E-state index contributed by atoms with van der Waals surface area (Å²) < 4.78 is 13.7. The summed E-state index contributed by atoms with van der Waals surface area (Å²) in [5.41, 5.74) is 0.206. The average Bonchev–Trinajstić information content (AvgIpc) is 2.79. The molecule has 6 nitrogen and oxygen atoms in total. The quantitative estimate of drug-likeness (QED) is 0.758. The van der Waals surface area contributed by atoms with Gasteiger partial charge in [-0.05, 0) is 43.7 Å². The highest BCUT2D eigenvalue weighted by molar-refractivity contribution is 5.83. The normalized spacial score (nSPS) is 18.5. The lowest BCUT2D eigenvalue weighted by molar-refractivity contribution is -0.145. The zero-order valence-corrected chi connectivity index (χ0v) is 19.5. The monoisotopic (exact) mass is 445 g/mol. The highest BCUT2D eigenvalue weighted by Crippen LogP contribution is 2.26. The van der Waals surface area contributed by atoms with E-state index in [2.05, 4.69) is 5.32 Å². The fraction of sp³-hybridized carbons (Fsp3) is 0.640. The van der Waals surface area contributed by atoms with Crippen molar-refractivity contribution in [1.82, 2.24) is 15.1 Å². The van der Waals surface area contributed by atoms with Crippen LogP contribution in [0, 0.1) is 23.1 Å². The molecule has 0 radical (unpaired) electrons. The van der Waals surface area contributed by atoms with E-state index in [0.29, 0.717) is 70.4 Å².